The van der Waals surface area contributed by atoms with E-state index in [1.165, 1.54) is 0 Å². The number of amides is 1. The van der Waals surface area contributed by atoms with Gasteiger partial charge in [0.05, 0.1) is 7.11 Å². The molecule has 0 saturated heterocycles. The summed E-state index contributed by atoms with van der Waals surface area (Å²) in [7, 11) is 1.57. The van der Waals surface area contributed by atoms with Crippen LogP contribution in [0, 0.1) is 6.92 Å². The van der Waals surface area contributed by atoms with Gasteiger partial charge in [0, 0.05) is 11.3 Å². The molecular weight excluding hydrogens is 382 g/mol. The van der Waals surface area contributed by atoms with Crippen LogP contribution in [0.1, 0.15) is 17.2 Å². The Balaban J connectivity index is 1.66. The molecule has 6 heteroatoms. The maximum absolute atomic E-state index is 12.8. The molecule has 0 radical (unpaired) electrons. The summed E-state index contributed by atoms with van der Waals surface area (Å²) >= 11 is 0. The third-order valence-corrected chi connectivity index (χ3v) is 4.32. The van der Waals surface area contributed by atoms with E-state index in [9.17, 15) is 9.59 Å². The molecule has 0 spiro atoms. The van der Waals surface area contributed by atoms with Gasteiger partial charge in [-0.2, -0.15) is 0 Å². The van der Waals surface area contributed by atoms with Gasteiger partial charge in [-0.3, -0.25) is 4.79 Å². The van der Waals surface area contributed by atoms with E-state index in [-0.39, 0.29) is 6.61 Å². The summed E-state index contributed by atoms with van der Waals surface area (Å²) < 4.78 is 16.0. The second-order valence-electron chi connectivity index (χ2n) is 6.60. The minimum Gasteiger partial charge on any atom is -0.497 e. The van der Waals surface area contributed by atoms with Crippen LogP contribution in [-0.2, 0) is 14.3 Å². The van der Waals surface area contributed by atoms with Crippen molar-refractivity contribution in [2.24, 2.45) is 0 Å². The maximum Gasteiger partial charge on any atom is 0.345 e. The third kappa shape index (κ3) is 5.85. The number of hydrogen-bond acceptors (Lipinski definition) is 5. The van der Waals surface area contributed by atoms with Gasteiger partial charge in [-0.25, -0.2) is 4.79 Å². The predicted molar refractivity (Wildman–Crippen MR) is 114 cm³/mol. The molecule has 0 aliphatic rings. The highest BCUT2D eigenvalue weighted by Gasteiger charge is 2.25. The molecule has 1 unspecified atom stereocenters. The molecule has 1 amide bonds. The lowest BCUT2D eigenvalue weighted by atomic mass is 10.1. The van der Waals surface area contributed by atoms with Crippen molar-refractivity contribution in [3.8, 4) is 11.5 Å². The van der Waals surface area contributed by atoms with E-state index in [1.54, 1.807) is 67.8 Å². The SMILES string of the molecule is COc1ccc(OCC(=O)OC(C(=O)Nc2ccc(C)cc2)c2ccccc2)cc1. The van der Waals surface area contributed by atoms with Gasteiger partial charge < -0.3 is 19.5 Å². The molecule has 3 aromatic rings. The first kappa shape index (κ1) is 20.9. The molecule has 6 nitrogen and oxygen atoms in total. The number of carbonyl (C=O) groups is 2. The Morgan fingerprint density at radius 2 is 1.50 bits per heavy atom. The Morgan fingerprint density at radius 3 is 2.13 bits per heavy atom. The Hall–Kier alpha value is -3.80. The maximum atomic E-state index is 12.8. The Labute approximate surface area is 175 Å². The van der Waals surface area contributed by atoms with E-state index >= 15 is 0 Å². The van der Waals surface area contributed by atoms with Crippen molar-refractivity contribution < 1.29 is 23.8 Å². The van der Waals surface area contributed by atoms with E-state index in [1.807, 2.05) is 25.1 Å². The number of benzene rings is 3. The number of hydrogen-bond donors (Lipinski definition) is 1. The Morgan fingerprint density at radius 1 is 0.867 bits per heavy atom. The van der Waals surface area contributed by atoms with Crippen LogP contribution in [0.15, 0.2) is 78.9 Å². The number of anilines is 1. The summed E-state index contributed by atoms with van der Waals surface area (Å²) in [5.41, 5.74) is 2.27. The number of aryl methyl sites for hydroxylation is 1. The number of nitrogens with one attached hydrogen (secondary N) is 1. The summed E-state index contributed by atoms with van der Waals surface area (Å²) in [6.45, 7) is 1.64. The predicted octanol–water partition coefficient (Wildman–Crippen LogP) is 4.31. The van der Waals surface area contributed by atoms with E-state index in [4.69, 9.17) is 14.2 Å². The molecule has 0 aromatic heterocycles. The van der Waals surface area contributed by atoms with Gasteiger partial charge in [0.15, 0.2) is 6.61 Å². The molecule has 0 aliphatic heterocycles. The summed E-state index contributed by atoms with van der Waals surface area (Å²) in [6.07, 6.45) is -1.10. The zero-order valence-electron chi connectivity index (χ0n) is 16.8. The zero-order valence-corrected chi connectivity index (χ0v) is 16.8. The van der Waals surface area contributed by atoms with Crippen molar-refractivity contribution in [2.75, 3.05) is 19.0 Å². The first-order chi connectivity index (χ1) is 14.5. The minimum absolute atomic E-state index is 0.326. The van der Waals surface area contributed by atoms with E-state index in [2.05, 4.69) is 5.32 Å². The summed E-state index contributed by atoms with van der Waals surface area (Å²) in [6, 6.07) is 23.0. The lowest BCUT2D eigenvalue weighted by Crippen LogP contribution is -2.28. The van der Waals surface area contributed by atoms with Gasteiger partial charge in [-0.05, 0) is 43.3 Å². The molecule has 30 heavy (non-hydrogen) atoms. The van der Waals surface area contributed by atoms with Crippen LogP contribution < -0.4 is 14.8 Å². The monoisotopic (exact) mass is 405 g/mol. The topological polar surface area (TPSA) is 73.9 Å². The fourth-order valence-corrected chi connectivity index (χ4v) is 2.73. The normalized spacial score (nSPS) is 11.3. The Bertz CT molecular complexity index is 969. The number of methoxy groups -OCH3 is 1. The van der Waals surface area contributed by atoms with Crippen LogP contribution in [0.4, 0.5) is 5.69 Å². The molecule has 1 atom stereocenters. The standard InChI is InChI=1S/C24H23NO5/c1-17-8-10-19(11-9-17)25-24(27)23(18-6-4-3-5-7-18)30-22(26)16-29-21-14-12-20(28-2)13-15-21/h3-15,23H,16H2,1-2H3,(H,25,27). The number of ether oxygens (including phenoxy) is 3. The van der Waals surface area contributed by atoms with Crippen LogP contribution in [0.5, 0.6) is 11.5 Å². The second kappa shape index (κ2) is 10.1. The molecule has 0 aliphatic carbocycles. The van der Waals surface area contributed by atoms with Gasteiger partial charge in [-0.15, -0.1) is 0 Å². The molecule has 3 aromatic carbocycles. The van der Waals surface area contributed by atoms with Crippen molar-refractivity contribution in [3.63, 3.8) is 0 Å². The van der Waals surface area contributed by atoms with Gasteiger partial charge in [-0.1, -0.05) is 48.0 Å². The van der Waals surface area contributed by atoms with Crippen LogP contribution in [0.25, 0.3) is 0 Å². The van der Waals surface area contributed by atoms with Crippen molar-refractivity contribution in [1.29, 1.82) is 0 Å². The average molecular weight is 405 g/mol. The first-order valence-electron chi connectivity index (χ1n) is 9.44. The highest BCUT2D eigenvalue weighted by atomic mass is 16.6. The van der Waals surface area contributed by atoms with Gasteiger partial charge in [0.25, 0.3) is 5.91 Å². The summed E-state index contributed by atoms with van der Waals surface area (Å²) in [5.74, 6) is 0.0801. The van der Waals surface area contributed by atoms with E-state index in [0.29, 0.717) is 22.7 Å². The van der Waals surface area contributed by atoms with E-state index in [0.717, 1.165) is 5.56 Å². The largest absolute Gasteiger partial charge is 0.497 e. The number of esters is 1. The fraction of sp³-hybridized carbons (Fsp3) is 0.167. The van der Waals surface area contributed by atoms with Crippen molar-refractivity contribution in [2.45, 2.75) is 13.0 Å². The molecule has 1 N–H and O–H groups in total. The van der Waals surface area contributed by atoms with Crippen LogP contribution in [0.3, 0.4) is 0 Å². The third-order valence-electron chi connectivity index (χ3n) is 4.32. The van der Waals surface area contributed by atoms with Crippen LogP contribution in [-0.4, -0.2) is 25.6 Å². The molecular formula is C24H23NO5. The van der Waals surface area contributed by atoms with Gasteiger partial charge >= 0.3 is 5.97 Å². The Kier molecular flexibility index (Phi) is 7.05. The van der Waals surface area contributed by atoms with E-state index < -0.39 is 18.0 Å². The quantitative estimate of drug-likeness (QED) is 0.566. The van der Waals surface area contributed by atoms with Crippen LogP contribution in [0.2, 0.25) is 0 Å². The summed E-state index contributed by atoms with van der Waals surface area (Å²) in [4.78, 5) is 25.2. The second-order valence-corrected chi connectivity index (χ2v) is 6.60. The molecule has 0 heterocycles. The first-order valence-corrected chi connectivity index (χ1v) is 9.44. The smallest absolute Gasteiger partial charge is 0.345 e. The average Bonchev–Trinajstić information content (AvgIpc) is 2.78. The molecule has 154 valence electrons. The lowest BCUT2D eigenvalue weighted by molar-refractivity contribution is -0.156. The molecule has 0 saturated carbocycles. The molecule has 0 fully saturated rings. The highest BCUT2D eigenvalue weighted by molar-refractivity contribution is 5.96. The van der Waals surface area contributed by atoms with Crippen LogP contribution >= 0.6 is 0 Å². The van der Waals surface area contributed by atoms with Crippen molar-refractivity contribution >= 4 is 17.6 Å². The number of rotatable bonds is 8. The fourth-order valence-electron chi connectivity index (χ4n) is 2.73. The van der Waals surface area contributed by atoms with Crippen molar-refractivity contribution in [1.82, 2.24) is 0 Å². The zero-order chi connectivity index (χ0) is 21.3. The number of carbonyl (C=O) groups excluding carboxylic acids is 2. The lowest BCUT2D eigenvalue weighted by Gasteiger charge is -2.18. The minimum atomic E-state index is -1.10. The molecule has 0 bridgehead atoms. The van der Waals surface area contributed by atoms with Gasteiger partial charge in [0.2, 0.25) is 6.10 Å². The highest BCUT2D eigenvalue weighted by Crippen LogP contribution is 2.21. The van der Waals surface area contributed by atoms with Gasteiger partial charge in [0.1, 0.15) is 11.5 Å². The molecule has 3 rings (SSSR count). The van der Waals surface area contributed by atoms with Crippen molar-refractivity contribution in [3.05, 3.63) is 90.0 Å². The summed E-state index contributed by atoms with van der Waals surface area (Å²) in [5, 5.41) is 2.79.